The lowest BCUT2D eigenvalue weighted by Gasteiger charge is -2.21. The fraction of sp³-hybridized carbons (Fsp3) is 0.778. The monoisotopic (exact) mass is 205 g/mol. The highest BCUT2D eigenvalue weighted by Gasteiger charge is 2.13. The Morgan fingerprint density at radius 1 is 1.38 bits per heavy atom. The van der Waals surface area contributed by atoms with Crippen molar-refractivity contribution in [3.63, 3.8) is 0 Å². The summed E-state index contributed by atoms with van der Waals surface area (Å²) < 4.78 is 0. The van der Waals surface area contributed by atoms with Crippen LogP contribution in [-0.4, -0.2) is 35.6 Å². The van der Waals surface area contributed by atoms with Gasteiger partial charge in [0.25, 0.3) is 0 Å². The van der Waals surface area contributed by atoms with Crippen molar-refractivity contribution < 1.29 is 9.59 Å². The molecule has 0 radical (unpaired) electrons. The molecule has 0 N–H and O–H groups in total. The van der Waals surface area contributed by atoms with Gasteiger partial charge in [0.1, 0.15) is 0 Å². The topological polar surface area (TPSA) is 37.4 Å². The number of hydrogen-bond acceptors (Lipinski definition) is 2. The lowest BCUT2D eigenvalue weighted by Crippen LogP contribution is -2.37. The number of alkyl halides is 1. The highest BCUT2D eigenvalue weighted by molar-refractivity contribution is 6.28. The Hall–Kier alpha value is -0.570. The summed E-state index contributed by atoms with van der Waals surface area (Å²) in [7, 11) is 0. The molecule has 3 nitrogen and oxygen atoms in total. The summed E-state index contributed by atoms with van der Waals surface area (Å²) in [4.78, 5) is 23.6. The zero-order valence-corrected chi connectivity index (χ0v) is 9.10. The quantitative estimate of drug-likeness (QED) is 0.635. The van der Waals surface area contributed by atoms with E-state index in [1.54, 1.807) is 0 Å². The molecule has 0 aromatic rings. The zero-order valence-electron chi connectivity index (χ0n) is 8.34. The van der Waals surface area contributed by atoms with Crippen molar-refractivity contribution in [1.82, 2.24) is 4.90 Å². The first-order chi connectivity index (χ1) is 5.97. The summed E-state index contributed by atoms with van der Waals surface area (Å²) >= 11 is 5.35. The molecule has 0 aliphatic heterocycles. The Kier molecular flexibility index (Phi) is 5.71. The van der Waals surface area contributed by atoms with Gasteiger partial charge in [-0.25, -0.2) is 0 Å². The molecule has 0 saturated carbocycles. The Bertz CT molecular complexity index is 192. The molecule has 0 spiro atoms. The van der Waals surface area contributed by atoms with E-state index in [4.69, 9.17) is 11.6 Å². The lowest BCUT2D eigenvalue weighted by atomic mass is 10.2. The highest BCUT2D eigenvalue weighted by atomic mass is 35.5. The number of rotatable bonds is 5. The molecule has 0 saturated heterocycles. The molecule has 0 atom stereocenters. The predicted molar refractivity (Wildman–Crippen MR) is 52.8 cm³/mol. The van der Waals surface area contributed by atoms with E-state index in [1.807, 2.05) is 13.8 Å². The van der Waals surface area contributed by atoms with Crippen LogP contribution in [-0.2, 0) is 9.59 Å². The average molecular weight is 206 g/mol. The fourth-order valence-electron chi connectivity index (χ4n) is 1.00. The van der Waals surface area contributed by atoms with Crippen molar-refractivity contribution in [2.24, 2.45) is 5.92 Å². The van der Waals surface area contributed by atoms with Crippen molar-refractivity contribution in [2.75, 3.05) is 19.0 Å². The van der Waals surface area contributed by atoms with E-state index in [9.17, 15) is 9.59 Å². The van der Waals surface area contributed by atoms with Crippen LogP contribution in [0.4, 0.5) is 0 Å². The van der Waals surface area contributed by atoms with Gasteiger partial charge < -0.3 is 4.90 Å². The smallest absolute Gasteiger partial charge is 0.219 e. The summed E-state index contributed by atoms with van der Waals surface area (Å²) in [6.45, 7) is 6.21. The molecule has 0 aliphatic carbocycles. The van der Waals surface area contributed by atoms with E-state index in [1.165, 1.54) is 11.8 Å². The first-order valence-corrected chi connectivity index (χ1v) is 4.84. The first kappa shape index (κ1) is 12.4. The molecule has 0 rings (SSSR count). The molecular formula is C9H16ClNO2. The van der Waals surface area contributed by atoms with Gasteiger partial charge in [0.2, 0.25) is 5.91 Å². The Morgan fingerprint density at radius 2 is 1.92 bits per heavy atom. The number of Topliss-reactive ketones (excluding diaryl/α,β-unsaturated/α-hetero) is 1. The highest BCUT2D eigenvalue weighted by Crippen LogP contribution is 1.99. The van der Waals surface area contributed by atoms with Gasteiger partial charge in [-0.15, -0.1) is 11.6 Å². The third-order valence-electron chi connectivity index (χ3n) is 1.55. The summed E-state index contributed by atoms with van der Waals surface area (Å²) in [6.07, 6.45) is 0. The van der Waals surface area contributed by atoms with Gasteiger partial charge in [0.15, 0.2) is 5.78 Å². The molecule has 0 aromatic carbocycles. The second kappa shape index (κ2) is 5.97. The molecule has 1 amide bonds. The molecular weight excluding hydrogens is 190 g/mol. The molecule has 76 valence electrons. The summed E-state index contributed by atoms with van der Waals surface area (Å²) in [6, 6.07) is 0. The van der Waals surface area contributed by atoms with Crippen molar-refractivity contribution in [1.29, 1.82) is 0 Å². The predicted octanol–water partition coefficient (Wildman–Crippen LogP) is 1.30. The van der Waals surface area contributed by atoms with Crippen LogP contribution in [0.1, 0.15) is 20.8 Å². The van der Waals surface area contributed by atoms with E-state index in [0.717, 1.165) is 0 Å². The zero-order chi connectivity index (χ0) is 10.4. The molecule has 0 heterocycles. The molecule has 0 bridgehead atoms. The first-order valence-electron chi connectivity index (χ1n) is 4.30. The van der Waals surface area contributed by atoms with E-state index in [-0.39, 0.29) is 24.1 Å². The maximum Gasteiger partial charge on any atom is 0.219 e. The van der Waals surface area contributed by atoms with Crippen LogP contribution in [0, 0.1) is 5.92 Å². The summed E-state index contributed by atoms with van der Waals surface area (Å²) in [5, 5.41) is 0. The number of amides is 1. The minimum absolute atomic E-state index is 0.0259. The van der Waals surface area contributed by atoms with Gasteiger partial charge in [-0.05, 0) is 5.92 Å². The van der Waals surface area contributed by atoms with Crippen LogP contribution < -0.4 is 0 Å². The van der Waals surface area contributed by atoms with Gasteiger partial charge in [0.05, 0.1) is 12.4 Å². The Balaban J connectivity index is 4.10. The van der Waals surface area contributed by atoms with Crippen LogP contribution in [0.3, 0.4) is 0 Å². The fourth-order valence-corrected chi connectivity index (χ4v) is 1.08. The third kappa shape index (κ3) is 5.64. The minimum atomic E-state index is -0.113. The van der Waals surface area contributed by atoms with Gasteiger partial charge >= 0.3 is 0 Å². The number of nitrogens with zero attached hydrogens (tertiary/aromatic N) is 1. The maximum atomic E-state index is 11.1. The number of carbonyl (C=O) groups excluding carboxylic acids is 2. The van der Waals surface area contributed by atoms with Gasteiger partial charge in [-0.2, -0.15) is 0 Å². The van der Waals surface area contributed by atoms with Gasteiger partial charge in [-0.1, -0.05) is 13.8 Å². The number of ketones is 1. The van der Waals surface area contributed by atoms with Gasteiger partial charge in [-0.3, -0.25) is 9.59 Å². The molecule has 0 aliphatic rings. The van der Waals surface area contributed by atoms with Crippen LogP contribution in [0.25, 0.3) is 0 Å². The van der Waals surface area contributed by atoms with E-state index >= 15 is 0 Å². The Morgan fingerprint density at radius 3 is 2.23 bits per heavy atom. The maximum absolute atomic E-state index is 11.1. The second-order valence-electron chi connectivity index (χ2n) is 3.47. The second-order valence-corrected chi connectivity index (χ2v) is 3.73. The molecule has 0 unspecified atom stereocenters. The summed E-state index contributed by atoms with van der Waals surface area (Å²) in [5.41, 5.74) is 0. The molecule has 4 heteroatoms. The van der Waals surface area contributed by atoms with Crippen LogP contribution >= 0.6 is 11.6 Å². The molecule has 13 heavy (non-hydrogen) atoms. The van der Waals surface area contributed by atoms with Gasteiger partial charge in [0, 0.05) is 13.5 Å². The number of halogens is 1. The third-order valence-corrected chi connectivity index (χ3v) is 1.85. The van der Waals surface area contributed by atoms with Crippen molar-refractivity contribution in [3.05, 3.63) is 0 Å². The van der Waals surface area contributed by atoms with E-state index in [2.05, 4.69) is 0 Å². The van der Waals surface area contributed by atoms with Crippen molar-refractivity contribution >= 4 is 23.3 Å². The van der Waals surface area contributed by atoms with Crippen molar-refractivity contribution in [2.45, 2.75) is 20.8 Å². The standard InChI is InChI=1S/C9H16ClNO2/c1-7(2)5-11(8(3)12)6-9(13)4-10/h7H,4-6H2,1-3H3. The van der Waals surface area contributed by atoms with E-state index < -0.39 is 0 Å². The SMILES string of the molecule is CC(=O)N(CC(=O)CCl)CC(C)C. The normalized spacial score (nSPS) is 10.2. The van der Waals surface area contributed by atoms with Crippen LogP contribution in [0.15, 0.2) is 0 Å². The van der Waals surface area contributed by atoms with Crippen LogP contribution in [0.5, 0.6) is 0 Å². The average Bonchev–Trinajstić information content (AvgIpc) is 2.02. The lowest BCUT2D eigenvalue weighted by molar-refractivity contribution is -0.133. The largest absolute Gasteiger partial charge is 0.335 e. The number of carbonyl (C=O) groups is 2. The van der Waals surface area contributed by atoms with E-state index in [0.29, 0.717) is 12.5 Å². The Labute approximate surface area is 84.0 Å². The number of hydrogen-bond donors (Lipinski definition) is 0. The summed E-state index contributed by atoms with van der Waals surface area (Å²) in [5.74, 6) is 0.152. The molecule has 0 fully saturated rings. The van der Waals surface area contributed by atoms with Crippen LogP contribution in [0.2, 0.25) is 0 Å². The minimum Gasteiger partial charge on any atom is -0.335 e. The van der Waals surface area contributed by atoms with Crippen molar-refractivity contribution in [3.8, 4) is 0 Å². The molecule has 0 aromatic heterocycles.